The van der Waals surface area contributed by atoms with Gasteiger partial charge in [-0.3, -0.25) is 9.79 Å². The Morgan fingerprint density at radius 2 is 1.93 bits per heavy atom. The second-order valence-corrected chi connectivity index (χ2v) is 6.66. The minimum atomic E-state index is -0.0777. The molecule has 0 aliphatic carbocycles. The van der Waals surface area contributed by atoms with Crippen LogP contribution in [-0.4, -0.2) is 57.6 Å². The molecule has 8 heteroatoms. The van der Waals surface area contributed by atoms with E-state index in [0.717, 1.165) is 23.7 Å². The van der Waals surface area contributed by atoms with E-state index >= 15 is 0 Å². The minimum absolute atomic E-state index is 0. The lowest BCUT2D eigenvalue weighted by Crippen LogP contribution is -2.41. The van der Waals surface area contributed by atoms with Gasteiger partial charge in [0.25, 0.3) is 5.91 Å². The van der Waals surface area contributed by atoms with E-state index in [1.54, 1.807) is 26.2 Å². The van der Waals surface area contributed by atoms with Crippen molar-refractivity contribution in [2.24, 2.45) is 4.99 Å². The molecule has 0 heterocycles. The van der Waals surface area contributed by atoms with Crippen LogP contribution in [0.2, 0.25) is 5.02 Å². The summed E-state index contributed by atoms with van der Waals surface area (Å²) in [5.74, 6) is 1.50. The van der Waals surface area contributed by atoms with E-state index in [1.165, 1.54) is 0 Å². The summed E-state index contributed by atoms with van der Waals surface area (Å²) in [7, 11) is 5.35. The number of halogens is 2. The number of carbonyl (C=O) groups excluding carboxylic acids is 1. The number of ether oxygens (including phenoxy) is 1. The van der Waals surface area contributed by atoms with Crippen LogP contribution in [-0.2, 0) is 6.42 Å². The molecular weight excluding hydrogens is 503 g/mol. The fourth-order valence-electron chi connectivity index (χ4n) is 2.65. The number of rotatable bonds is 8. The summed E-state index contributed by atoms with van der Waals surface area (Å²) in [6.45, 7) is 1.94. The molecule has 0 unspecified atom stereocenters. The second-order valence-electron chi connectivity index (χ2n) is 6.23. The Morgan fingerprint density at radius 3 is 2.59 bits per heavy atom. The molecule has 6 nitrogen and oxygen atoms in total. The Hall–Kier alpha value is -2.00. The molecule has 0 aromatic heterocycles. The van der Waals surface area contributed by atoms with Crippen LogP contribution in [0.5, 0.6) is 5.75 Å². The van der Waals surface area contributed by atoms with Gasteiger partial charge >= 0.3 is 0 Å². The molecule has 158 valence electrons. The first kappa shape index (κ1) is 25.0. The lowest BCUT2D eigenvalue weighted by Gasteiger charge is -2.22. The van der Waals surface area contributed by atoms with Gasteiger partial charge in [-0.2, -0.15) is 0 Å². The van der Waals surface area contributed by atoms with Crippen LogP contribution < -0.4 is 15.4 Å². The Morgan fingerprint density at radius 1 is 1.21 bits per heavy atom. The van der Waals surface area contributed by atoms with E-state index in [4.69, 9.17) is 16.3 Å². The molecule has 0 saturated heterocycles. The van der Waals surface area contributed by atoms with Crippen molar-refractivity contribution in [2.45, 2.75) is 6.42 Å². The van der Waals surface area contributed by atoms with Crippen LogP contribution in [0.1, 0.15) is 15.9 Å². The van der Waals surface area contributed by atoms with Crippen molar-refractivity contribution >= 4 is 47.4 Å². The molecule has 0 radical (unpaired) electrons. The van der Waals surface area contributed by atoms with Crippen molar-refractivity contribution in [1.29, 1.82) is 0 Å². The summed E-state index contributed by atoms with van der Waals surface area (Å²) >= 11 is 5.87. The van der Waals surface area contributed by atoms with Gasteiger partial charge in [-0.15, -0.1) is 24.0 Å². The number of carbonyl (C=O) groups is 1. The van der Waals surface area contributed by atoms with Crippen molar-refractivity contribution in [2.75, 3.05) is 40.8 Å². The highest BCUT2D eigenvalue weighted by Crippen LogP contribution is 2.15. The van der Waals surface area contributed by atoms with E-state index < -0.39 is 0 Å². The molecule has 2 aromatic carbocycles. The average molecular weight is 531 g/mol. The van der Waals surface area contributed by atoms with E-state index in [-0.39, 0.29) is 29.9 Å². The van der Waals surface area contributed by atoms with E-state index in [9.17, 15) is 4.79 Å². The molecule has 2 rings (SSSR count). The maximum atomic E-state index is 11.7. The number of nitrogens with one attached hydrogen (secondary N) is 2. The van der Waals surface area contributed by atoms with Gasteiger partial charge < -0.3 is 20.3 Å². The Balaban J connectivity index is 0.00000420. The van der Waals surface area contributed by atoms with Gasteiger partial charge in [0.2, 0.25) is 0 Å². The first-order chi connectivity index (χ1) is 13.5. The molecule has 0 aliphatic rings. The second kappa shape index (κ2) is 13.3. The van der Waals surface area contributed by atoms with Crippen molar-refractivity contribution in [3.63, 3.8) is 0 Å². The number of amides is 1. The van der Waals surface area contributed by atoms with Crippen LogP contribution in [0.3, 0.4) is 0 Å². The first-order valence-electron chi connectivity index (χ1n) is 9.14. The highest BCUT2D eigenvalue weighted by molar-refractivity contribution is 14.0. The molecule has 2 N–H and O–H groups in total. The molecule has 29 heavy (non-hydrogen) atoms. The van der Waals surface area contributed by atoms with Crippen molar-refractivity contribution in [1.82, 2.24) is 15.5 Å². The predicted octanol–water partition coefficient (Wildman–Crippen LogP) is 3.45. The molecule has 0 aliphatic heterocycles. The molecular formula is C21H28ClIN4O2. The number of hydrogen-bond donors (Lipinski definition) is 2. The van der Waals surface area contributed by atoms with Crippen LogP contribution in [0.15, 0.2) is 53.5 Å². The van der Waals surface area contributed by atoms with Gasteiger partial charge in [-0.1, -0.05) is 23.7 Å². The van der Waals surface area contributed by atoms with E-state index in [0.29, 0.717) is 30.3 Å². The summed E-state index contributed by atoms with van der Waals surface area (Å²) in [5.41, 5.74) is 1.76. The van der Waals surface area contributed by atoms with Gasteiger partial charge in [0.15, 0.2) is 5.96 Å². The zero-order chi connectivity index (χ0) is 20.4. The number of guanidine groups is 1. The zero-order valence-corrected chi connectivity index (χ0v) is 20.0. The smallest absolute Gasteiger partial charge is 0.251 e. The van der Waals surface area contributed by atoms with Crippen LogP contribution in [0, 0.1) is 0 Å². The normalized spacial score (nSPS) is 10.7. The zero-order valence-electron chi connectivity index (χ0n) is 16.9. The maximum absolute atomic E-state index is 11.7. The van der Waals surface area contributed by atoms with Gasteiger partial charge in [-0.25, -0.2) is 0 Å². The SMILES string of the molecule is CN=C(NCCc1cccc(C(=O)NC)c1)N(C)CCOc1ccc(Cl)cc1.I. The average Bonchev–Trinajstić information content (AvgIpc) is 2.72. The number of likely N-dealkylation sites (N-methyl/N-ethyl adjacent to an activating group) is 1. The largest absolute Gasteiger partial charge is 0.492 e. The van der Waals surface area contributed by atoms with E-state index in [2.05, 4.69) is 15.6 Å². The topological polar surface area (TPSA) is 66.0 Å². The number of nitrogens with zero attached hydrogens (tertiary/aromatic N) is 2. The standard InChI is InChI=1S/C21H27ClN4O2.HI/c1-23-20(27)17-6-4-5-16(15-17)11-12-25-21(24-2)26(3)13-14-28-19-9-7-18(22)8-10-19;/h4-10,15H,11-14H2,1-3H3,(H,23,27)(H,24,25);1H. The summed E-state index contributed by atoms with van der Waals surface area (Å²) in [6, 6.07) is 14.9. The molecule has 2 aromatic rings. The third-order valence-corrected chi connectivity index (χ3v) is 4.45. The fraction of sp³-hybridized carbons (Fsp3) is 0.333. The quantitative estimate of drug-likeness (QED) is 0.312. The number of benzene rings is 2. The van der Waals surface area contributed by atoms with Gasteiger partial charge in [-0.05, 0) is 48.4 Å². The molecule has 0 bridgehead atoms. The Kier molecular flexibility index (Phi) is 11.5. The van der Waals surface area contributed by atoms with E-state index in [1.807, 2.05) is 48.3 Å². The highest BCUT2D eigenvalue weighted by atomic mass is 127. The van der Waals surface area contributed by atoms with Gasteiger partial charge in [0, 0.05) is 38.3 Å². The molecule has 0 spiro atoms. The Bertz CT molecular complexity index is 800. The lowest BCUT2D eigenvalue weighted by atomic mass is 10.1. The predicted molar refractivity (Wildman–Crippen MR) is 130 cm³/mol. The first-order valence-corrected chi connectivity index (χ1v) is 9.52. The fourth-order valence-corrected chi connectivity index (χ4v) is 2.78. The monoisotopic (exact) mass is 530 g/mol. The lowest BCUT2D eigenvalue weighted by molar-refractivity contribution is 0.0963. The third kappa shape index (κ3) is 8.49. The summed E-state index contributed by atoms with van der Waals surface area (Å²) in [6.07, 6.45) is 0.791. The minimum Gasteiger partial charge on any atom is -0.492 e. The van der Waals surface area contributed by atoms with Crippen LogP contribution in [0.4, 0.5) is 0 Å². The number of hydrogen-bond acceptors (Lipinski definition) is 3. The van der Waals surface area contributed by atoms with Gasteiger partial charge in [0.1, 0.15) is 12.4 Å². The Labute approximate surface area is 194 Å². The van der Waals surface area contributed by atoms with Crippen molar-refractivity contribution in [3.8, 4) is 5.75 Å². The molecule has 0 atom stereocenters. The number of aliphatic imine (C=N–C) groups is 1. The highest BCUT2D eigenvalue weighted by Gasteiger charge is 2.07. The molecule has 1 amide bonds. The third-order valence-electron chi connectivity index (χ3n) is 4.20. The summed E-state index contributed by atoms with van der Waals surface area (Å²) in [5, 5.41) is 6.67. The van der Waals surface area contributed by atoms with Crippen molar-refractivity contribution in [3.05, 3.63) is 64.7 Å². The van der Waals surface area contributed by atoms with Crippen molar-refractivity contribution < 1.29 is 9.53 Å². The van der Waals surface area contributed by atoms with Crippen LogP contribution >= 0.6 is 35.6 Å². The molecule has 0 saturated carbocycles. The maximum Gasteiger partial charge on any atom is 0.251 e. The summed E-state index contributed by atoms with van der Waals surface area (Å²) in [4.78, 5) is 18.1. The van der Waals surface area contributed by atoms with Crippen LogP contribution in [0.25, 0.3) is 0 Å². The molecule has 0 fully saturated rings. The summed E-state index contributed by atoms with van der Waals surface area (Å²) < 4.78 is 5.73. The van der Waals surface area contributed by atoms with Gasteiger partial charge in [0.05, 0.1) is 6.54 Å².